The van der Waals surface area contributed by atoms with Crippen LogP contribution in [0.25, 0.3) is 0 Å². The van der Waals surface area contributed by atoms with Crippen molar-refractivity contribution in [2.45, 2.75) is 64.3 Å². The van der Waals surface area contributed by atoms with E-state index >= 15 is 0 Å². The minimum atomic E-state index is 0.370. The first kappa shape index (κ1) is 15.1. The average molecular weight is 273 g/mol. The normalized spacial score (nSPS) is 15.4. The maximum absolute atomic E-state index is 12.4. The van der Waals surface area contributed by atoms with Crippen molar-refractivity contribution >= 4 is 5.91 Å². The second-order valence-electron chi connectivity index (χ2n) is 5.86. The Morgan fingerprint density at radius 1 is 1.20 bits per heavy atom. The van der Waals surface area contributed by atoms with Crippen LogP contribution in [-0.2, 0) is 11.2 Å². The van der Waals surface area contributed by atoms with Gasteiger partial charge in [0.2, 0.25) is 5.91 Å². The molecule has 1 fully saturated rings. The van der Waals surface area contributed by atoms with E-state index < -0.39 is 0 Å². The predicted molar refractivity (Wildman–Crippen MR) is 83.6 cm³/mol. The number of amides is 1. The lowest BCUT2D eigenvalue weighted by Crippen LogP contribution is -2.40. The monoisotopic (exact) mass is 273 g/mol. The maximum atomic E-state index is 12.4. The van der Waals surface area contributed by atoms with Gasteiger partial charge < -0.3 is 4.90 Å². The molecule has 0 spiro atoms. The average Bonchev–Trinajstić information content (AvgIpc) is 3.00. The molecule has 2 nitrogen and oxygen atoms in total. The minimum absolute atomic E-state index is 0.370. The number of unbranched alkanes of at least 4 members (excludes halogenated alkanes) is 1. The first-order valence-corrected chi connectivity index (χ1v) is 8.14. The number of benzene rings is 1. The van der Waals surface area contributed by atoms with E-state index in [1.54, 1.807) is 0 Å². The van der Waals surface area contributed by atoms with E-state index in [1.807, 2.05) is 6.07 Å². The van der Waals surface area contributed by atoms with Crippen molar-refractivity contribution in [3.05, 3.63) is 35.9 Å². The Balaban J connectivity index is 1.93. The summed E-state index contributed by atoms with van der Waals surface area (Å²) in [5.41, 5.74) is 1.33. The molecule has 0 N–H and O–H groups in total. The van der Waals surface area contributed by atoms with Gasteiger partial charge in [0.25, 0.3) is 0 Å². The third-order valence-electron chi connectivity index (χ3n) is 4.31. The summed E-state index contributed by atoms with van der Waals surface area (Å²) in [6.07, 6.45) is 8.80. The van der Waals surface area contributed by atoms with Gasteiger partial charge in [0, 0.05) is 19.0 Å². The standard InChI is InChI=1S/C18H27NO/c1-2-3-13-18(20)19(17-11-7-8-12-17)15-14-16-9-5-4-6-10-16/h4-6,9-10,17H,2-3,7-8,11-15H2,1H3. The predicted octanol–water partition coefficient (Wildman–Crippen LogP) is 4.19. The van der Waals surface area contributed by atoms with Crippen molar-refractivity contribution in [3.8, 4) is 0 Å². The fourth-order valence-corrected chi connectivity index (χ4v) is 3.09. The molecule has 1 amide bonds. The van der Waals surface area contributed by atoms with Crippen LogP contribution >= 0.6 is 0 Å². The highest BCUT2D eigenvalue weighted by atomic mass is 16.2. The van der Waals surface area contributed by atoms with Crippen LogP contribution in [0.4, 0.5) is 0 Å². The van der Waals surface area contributed by atoms with Crippen molar-refractivity contribution in [2.24, 2.45) is 0 Å². The van der Waals surface area contributed by atoms with E-state index in [1.165, 1.54) is 31.2 Å². The summed E-state index contributed by atoms with van der Waals surface area (Å²) in [4.78, 5) is 14.6. The highest BCUT2D eigenvalue weighted by Crippen LogP contribution is 2.24. The van der Waals surface area contributed by atoms with Gasteiger partial charge in [-0.3, -0.25) is 4.79 Å². The quantitative estimate of drug-likeness (QED) is 0.729. The Bertz CT molecular complexity index is 395. The fraction of sp³-hybridized carbons (Fsp3) is 0.611. The third kappa shape index (κ3) is 4.36. The molecule has 2 rings (SSSR count). The molecular formula is C18H27NO. The summed E-state index contributed by atoms with van der Waals surface area (Å²) in [6.45, 7) is 3.04. The van der Waals surface area contributed by atoms with Crippen LogP contribution in [0.2, 0.25) is 0 Å². The Kier molecular flexibility index (Phi) is 6.10. The Morgan fingerprint density at radius 2 is 1.90 bits per heavy atom. The highest BCUT2D eigenvalue weighted by molar-refractivity contribution is 5.76. The fourth-order valence-electron chi connectivity index (χ4n) is 3.09. The van der Waals surface area contributed by atoms with Gasteiger partial charge in [0.15, 0.2) is 0 Å². The zero-order valence-electron chi connectivity index (χ0n) is 12.7. The summed E-state index contributed by atoms with van der Waals surface area (Å²) in [6, 6.07) is 11.0. The smallest absolute Gasteiger partial charge is 0.222 e. The number of nitrogens with zero attached hydrogens (tertiary/aromatic N) is 1. The third-order valence-corrected chi connectivity index (χ3v) is 4.31. The molecule has 0 saturated heterocycles. The van der Waals surface area contributed by atoms with Gasteiger partial charge in [-0.1, -0.05) is 56.5 Å². The van der Waals surface area contributed by atoms with E-state index in [-0.39, 0.29) is 0 Å². The molecule has 0 heterocycles. The van der Waals surface area contributed by atoms with Crippen molar-refractivity contribution in [1.29, 1.82) is 0 Å². The molecule has 0 bridgehead atoms. The Morgan fingerprint density at radius 3 is 2.55 bits per heavy atom. The first-order chi connectivity index (χ1) is 9.81. The van der Waals surface area contributed by atoms with Crippen LogP contribution in [0.3, 0.4) is 0 Å². The second-order valence-corrected chi connectivity index (χ2v) is 5.86. The number of carbonyl (C=O) groups is 1. The van der Waals surface area contributed by atoms with Crippen LogP contribution < -0.4 is 0 Å². The van der Waals surface area contributed by atoms with Gasteiger partial charge in [-0.05, 0) is 31.2 Å². The SMILES string of the molecule is CCCCC(=O)N(CCc1ccccc1)C1CCCC1. The Labute approximate surface area is 123 Å². The Hall–Kier alpha value is -1.31. The number of hydrogen-bond donors (Lipinski definition) is 0. The number of rotatable bonds is 7. The first-order valence-electron chi connectivity index (χ1n) is 8.14. The molecule has 0 atom stereocenters. The largest absolute Gasteiger partial charge is 0.339 e. The van der Waals surface area contributed by atoms with E-state index in [9.17, 15) is 4.79 Å². The molecule has 0 radical (unpaired) electrons. The summed E-state index contributed by atoms with van der Waals surface area (Å²) in [5, 5.41) is 0. The number of carbonyl (C=O) groups excluding carboxylic acids is 1. The topological polar surface area (TPSA) is 20.3 Å². The van der Waals surface area contributed by atoms with Crippen LogP contribution in [0, 0.1) is 0 Å². The molecule has 1 aliphatic carbocycles. The molecule has 1 saturated carbocycles. The lowest BCUT2D eigenvalue weighted by molar-refractivity contribution is -0.133. The number of hydrogen-bond acceptors (Lipinski definition) is 1. The second kappa shape index (κ2) is 8.08. The summed E-state index contributed by atoms with van der Waals surface area (Å²) < 4.78 is 0. The van der Waals surface area contributed by atoms with Gasteiger partial charge in [-0.15, -0.1) is 0 Å². The van der Waals surface area contributed by atoms with E-state index in [2.05, 4.69) is 36.1 Å². The summed E-state index contributed by atoms with van der Waals surface area (Å²) >= 11 is 0. The van der Waals surface area contributed by atoms with Crippen molar-refractivity contribution in [2.75, 3.05) is 6.54 Å². The molecule has 20 heavy (non-hydrogen) atoms. The lowest BCUT2D eigenvalue weighted by Gasteiger charge is -2.29. The molecule has 0 aromatic heterocycles. The van der Waals surface area contributed by atoms with E-state index in [0.717, 1.165) is 32.2 Å². The highest BCUT2D eigenvalue weighted by Gasteiger charge is 2.25. The minimum Gasteiger partial charge on any atom is -0.339 e. The van der Waals surface area contributed by atoms with Gasteiger partial charge in [0.1, 0.15) is 0 Å². The molecule has 110 valence electrons. The van der Waals surface area contributed by atoms with Crippen LogP contribution in [-0.4, -0.2) is 23.4 Å². The van der Waals surface area contributed by atoms with Gasteiger partial charge in [0.05, 0.1) is 0 Å². The van der Waals surface area contributed by atoms with Crippen molar-refractivity contribution in [3.63, 3.8) is 0 Å². The molecule has 1 aliphatic rings. The zero-order valence-corrected chi connectivity index (χ0v) is 12.7. The zero-order chi connectivity index (χ0) is 14.2. The van der Waals surface area contributed by atoms with Gasteiger partial charge in [-0.2, -0.15) is 0 Å². The molecule has 2 heteroatoms. The van der Waals surface area contributed by atoms with Gasteiger partial charge >= 0.3 is 0 Å². The van der Waals surface area contributed by atoms with Crippen LogP contribution in [0.1, 0.15) is 57.4 Å². The lowest BCUT2D eigenvalue weighted by atomic mass is 10.1. The van der Waals surface area contributed by atoms with Crippen LogP contribution in [0.15, 0.2) is 30.3 Å². The van der Waals surface area contributed by atoms with Crippen molar-refractivity contribution < 1.29 is 4.79 Å². The van der Waals surface area contributed by atoms with E-state index in [4.69, 9.17) is 0 Å². The molecule has 0 unspecified atom stereocenters. The molecule has 0 aliphatic heterocycles. The molecule has 1 aromatic rings. The van der Waals surface area contributed by atoms with Crippen molar-refractivity contribution in [1.82, 2.24) is 4.90 Å². The van der Waals surface area contributed by atoms with E-state index in [0.29, 0.717) is 11.9 Å². The molecular weight excluding hydrogens is 246 g/mol. The summed E-state index contributed by atoms with van der Waals surface area (Å²) in [7, 11) is 0. The maximum Gasteiger partial charge on any atom is 0.222 e. The van der Waals surface area contributed by atoms with Gasteiger partial charge in [-0.25, -0.2) is 0 Å². The summed E-state index contributed by atoms with van der Waals surface area (Å²) in [5.74, 6) is 0.370. The van der Waals surface area contributed by atoms with Crippen LogP contribution in [0.5, 0.6) is 0 Å². The molecule has 1 aromatic carbocycles.